The lowest BCUT2D eigenvalue weighted by Crippen LogP contribution is -2.35. The predicted molar refractivity (Wildman–Crippen MR) is 133 cm³/mol. The fourth-order valence-electron chi connectivity index (χ4n) is 5.07. The first-order chi connectivity index (χ1) is 16.2. The molecular weight excluding hydrogens is 410 g/mol. The molecule has 176 valence electrons. The van der Waals surface area contributed by atoms with Gasteiger partial charge in [0.25, 0.3) is 5.91 Å². The van der Waals surface area contributed by atoms with Crippen LogP contribution in [0.5, 0.6) is 0 Å². The Labute approximate surface area is 198 Å². The van der Waals surface area contributed by atoms with Crippen LogP contribution in [-0.2, 0) is 11.2 Å². The number of carbonyl (C=O) groups excluding carboxylic acids is 2. The van der Waals surface area contributed by atoms with Crippen LogP contribution in [0, 0.1) is 5.92 Å². The largest absolute Gasteiger partial charge is 0.337 e. The molecule has 33 heavy (non-hydrogen) atoms. The van der Waals surface area contributed by atoms with Gasteiger partial charge in [-0.25, -0.2) is 0 Å². The molecule has 2 aromatic rings. The summed E-state index contributed by atoms with van der Waals surface area (Å²) in [6.07, 6.45) is 8.67. The Kier molecular flexibility index (Phi) is 8.53. The summed E-state index contributed by atoms with van der Waals surface area (Å²) in [6, 6.07) is 18.1. The average molecular weight is 448 g/mol. The summed E-state index contributed by atoms with van der Waals surface area (Å²) in [7, 11) is 0. The minimum atomic E-state index is 0.0647. The molecule has 0 atom stereocenters. The van der Waals surface area contributed by atoms with E-state index in [1.807, 2.05) is 29.2 Å². The van der Waals surface area contributed by atoms with Gasteiger partial charge in [-0.05, 0) is 69.0 Å². The van der Waals surface area contributed by atoms with Crippen molar-refractivity contribution in [1.82, 2.24) is 9.80 Å². The van der Waals surface area contributed by atoms with E-state index in [0.29, 0.717) is 5.56 Å². The fraction of sp³-hybridized carbons (Fsp3) is 0.500. The van der Waals surface area contributed by atoms with Gasteiger partial charge < -0.3 is 15.1 Å². The Bertz CT molecular complexity index is 908. The van der Waals surface area contributed by atoms with Crippen LogP contribution in [0.2, 0.25) is 0 Å². The van der Waals surface area contributed by atoms with Crippen molar-refractivity contribution >= 4 is 17.5 Å². The highest BCUT2D eigenvalue weighted by atomic mass is 16.2. The van der Waals surface area contributed by atoms with Crippen LogP contribution >= 0.6 is 0 Å². The van der Waals surface area contributed by atoms with Gasteiger partial charge in [0.05, 0.1) is 0 Å². The van der Waals surface area contributed by atoms with E-state index in [9.17, 15) is 9.59 Å². The third-order valence-electron chi connectivity index (χ3n) is 7.01. The maximum atomic E-state index is 13.2. The summed E-state index contributed by atoms with van der Waals surface area (Å²) < 4.78 is 0. The SMILES string of the molecule is O=C(Nc1cccc(C(=O)N2CCCN(CCCc3ccccc3)CC2)c1)C1CCCCC1. The van der Waals surface area contributed by atoms with Crippen molar-refractivity contribution in [3.63, 3.8) is 0 Å². The molecule has 1 saturated heterocycles. The van der Waals surface area contributed by atoms with Gasteiger partial charge in [-0.1, -0.05) is 55.7 Å². The van der Waals surface area contributed by atoms with Crippen LogP contribution in [-0.4, -0.2) is 54.3 Å². The number of anilines is 1. The molecule has 2 fully saturated rings. The first-order valence-electron chi connectivity index (χ1n) is 12.7. The summed E-state index contributed by atoms with van der Waals surface area (Å²) >= 11 is 0. The van der Waals surface area contributed by atoms with Crippen LogP contribution in [0.3, 0.4) is 0 Å². The molecule has 5 nitrogen and oxygen atoms in total. The maximum absolute atomic E-state index is 13.2. The summed E-state index contributed by atoms with van der Waals surface area (Å²) in [4.78, 5) is 30.2. The zero-order valence-electron chi connectivity index (χ0n) is 19.7. The highest BCUT2D eigenvalue weighted by Gasteiger charge is 2.23. The van der Waals surface area contributed by atoms with Crippen LogP contribution in [0.4, 0.5) is 5.69 Å². The van der Waals surface area contributed by atoms with E-state index in [4.69, 9.17) is 0 Å². The molecular formula is C28H37N3O2. The van der Waals surface area contributed by atoms with Gasteiger partial charge in [-0.2, -0.15) is 0 Å². The number of hydrogen-bond acceptors (Lipinski definition) is 3. The maximum Gasteiger partial charge on any atom is 0.253 e. The van der Waals surface area contributed by atoms with Crippen molar-refractivity contribution < 1.29 is 9.59 Å². The highest BCUT2D eigenvalue weighted by Crippen LogP contribution is 2.25. The normalized spacial score (nSPS) is 18.0. The molecule has 0 unspecified atom stereocenters. The minimum Gasteiger partial charge on any atom is -0.337 e. The zero-order valence-corrected chi connectivity index (χ0v) is 19.7. The summed E-state index contributed by atoms with van der Waals surface area (Å²) in [6.45, 7) is 4.56. The van der Waals surface area contributed by atoms with E-state index < -0.39 is 0 Å². The number of aryl methyl sites for hydroxylation is 1. The number of nitrogens with zero attached hydrogens (tertiary/aromatic N) is 2. The molecule has 0 radical (unpaired) electrons. The molecule has 1 aliphatic carbocycles. The van der Waals surface area contributed by atoms with Crippen LogP contribution in [0.25, 0.3) is 0 Å². The van der Waals surface area contributed by atoms with Crippen molar-refractivity contribution in [3.05, 3.63) is 65.7 Å². The average Bonchev–Trinajstić information content (AvgIpc) is 3.11. The number of nitrogens with one attached hydrogen (secondary N) is 1. The second-order valence-electron chi connectivity index (χ2n) is 9.48. The van der Waals surface area contributed by atoms with E-state index in [0.717, 1.165) is 83.4 Å². The first-order valence-corrected chi connectivity index (χ1v) is 12.7. The smallest absolute Gasteiger partial charge is 0.253 e. The number of hydrogen-bond donors (Lipinski definition) is 1. The topological polar surface area (TPSA) is 52.7 Å². The van der Waals surface area contributed by atoms with Gasteiger partial charge in [0.1, 0.15) is 0 Å². The van der Waals surface area contributed by atoms with E-state index in [1.54, 1.807) is 0 Å². The van der Waals surface area contributed by atoms with E-state index in [-0.39, 0.29) is 17.7 Å². The van der Waals surface area contributed by atoms with E-state index in [1.165, 1.54) is 12.0 Å². The first kappa shape index (κ1) is 23.5. The number of carbonyl (C=O) groups is 2. The second kappa shape index (κ2) is 12.0. The van der Waals surface area contributed by atoms with Crippen molar-refractivity contribution in [2.24, 2.45) is 5.92 Å². The minimum absolute atomic E-state index is 0.0647. The quantitative estimate of drug-likeness (QED) is 0.651. The lowest BCUT2D eigenvalue weighted by Gasteiger charge is -2.23. The van der Waals surface area contributed by atoms with Crippen molar-refractivity contribution in [2.45, 2.75) is 51.4 Å². The Morgan fingerprint density at radius 3 is 2.48 bits per heavy atom. The Morgan fingerprint density at radius 1 is 0.848 bits per heavy atom. The molecule has 2 aliphatic rings. The fourth-order valence-corrected chi connectivity index (χ4v) is 5.07. The van der Waals surface area contributed by atoms with E-state index in [2.05, 4.69) is 40.5 Å². The zero-order chi connectivity index (χ0) is 22.9. The highest BCUT2D eigenvalue weighted by molar-refractivity contribution is 5.97. The standard InChI is InChI=1S/C28H37N3O2/c32-27(24-13-5-2-6-14-24)29-26-16-7-15-25(22-26)28(33)31-19-9-18-30(20-21-31)17-8-12-23-10-3-1-4-11-23/h1,3-4,7,10-11,15-16,22,24H,2,5-6,8-9,12-14,17-21H2,(H,29,32). The van der Waals surface area contributed by atoms with Gasteiger partial charge in [0.15, 0.2) is 0 Å². The summed E-state index contributed by atoms with van der Waals surface area (Å²) in [5, 5.41) is 3.05. The molecule has 2 amide bonds. The third-order valence-corrected chi connectivity index (χ3v) is 7.01. The molecule has 5 heteroatoms. The van der Waals surface area contributed by atoms with Gasteiger partial charge in [0, 0.05) is 36.8 Å². The van der Waals surface area contributed by atoms with Crippen LogP contribution in [0.15, 0.2) is 54.6 Å². The monoisotopic (exact) mass is 447 g/mol. The number of amides is 2. The Hall–Kier alpha value is -2.66. The molecule has 1 saturated carbocycles. The number of benzene rings is 2. The number of rotatable bonds is 7. The summed E-state index contributed by atoms with van der Waals surface area (Å²) in [5.74, 6) is 0.270. The lowest BCUT2D eigenvalue weighted by molar-refractivity contribution is -0.120. The van der Waals surface area contributed by atoms with Gasteiger partial charge in [-0.3, -0.25) is 9.59 Å². The molecule has 2 aromatic carbocycles. The Balaban J connectivity index is 1.27. The second-order valence-corrected chi connectivity index (χ2v) is 9.48. The summed E-state index contributed by atoms with van der Waals surface area (Å²) in [5.41, 5.74) is 2.78. The molecule has 1 aliphatic heterocycles. The lowest BCUT2D eigenvalue weighted by atomic mass is 9.88. The Morgan fingerprint density at radius 2 is 1.67 bits per heavy atom. The van der Waals surface area contributed by atoms with Gasteiger partial charge >= 0.3 is 0 Å². The van der Waals surface area contributed by atoms with Crippen molar-refractivity contribution in [3.8, 4) is 0 Å². The molecule has 0 bridgehead atoms. The molecule has 1 heterocycles. The molecule has 4 rings (SSSR count). The van der Waals surface area contributed by atoms with Crippen molar-refractivity contribution in [1.29, 1.82) is 0 Å². The van der Waals surface area contributed by atoms with E-state index >= 15 is 0 Å². The van der Waals surface area contributed by atoms with Crippen LogP contribution < -0.4 is 5.32 Å². The molecule has 0 spiro atoms. The van der Waals surface area contributed by atoms with Gasteiger partial charge in [0.2, 0.25) is 5.91 Å². The molecule has 0 aromatic heterocycles. The van der Waals surface area contributed by atoms with Crippen LogP contribution in [0.1, 0.15) is 60.9 Å². The van der Waals surface area contributed by atoms with Gasteiger partial charge in [-0.15, -0.1) is 0 Å². The molecule has 1 N–H and O–H groups in total. The predicted octanol–water partition coefficient (Wildman–Crippen LogP) is 4.99. The van der Waals surface area contributed by atoms with Crippen molar-refractivity contribution in [2.75, 3.05) is 38.0 Å². The third kappa shape index (κ3) is 6.91.